The van der Waals surface area contributed by atoms with E-state index in [9.17, 15) is 4.79 Å². The number of nitrogens with one attached hydrogen (secondary N) is 1. The van der Waals surface area contributed by atoms with Gasteiger partial charge in [0.05, 0.1) is 11.9 Å². The summed E-state index contributed by atoms with van der Waals surface area (Å²) < 4.78 is 2.13. The van der Waals surface area contributed by atoms with Gasteiger partial charge < -0.3 is 5.32 Å². The fourth-order valence-corrected chi connectivity index (χ4v) is 3.19. The van der Waals surface area contributed by atoms with Gasteiger partial charge >= 0.3 is 0 Å². The molecule has 0 bridgehead atoms. The number of hydrogen-bond acceptors (Lipinski definition) is 3. The molecule has 1 fully saturated rings. The van der Waals surface area contributed by atoms with Gasteiger partial charge in [-0.15, -0.1) is 0 Å². The Labute approximate surface area is 129 Å². The van der Waals surface area contributed by atoms with Crippen LogP contribution in [0, 0.1) is 11.8 Å². The van der Waals surface area contributed by atoms with Crippen LogP contribution in [0.15, 0.2) is 15.5 Å². The van der Waals surface area contributed by atoms with Crippen molar-refractivity contribution in [3.63, 3.8) is 0 Å². The van der Waals surface area contributed by atoms with Gasteiger partial charge in [-0.25, -0.2) is 4.68 Å². The van der Waals surface area contributed by atoms with Crippen molar-refractivity contribution in [3.05, 3.63) is 21.0 Å². The second kappa shape index (κ2) is 6.74. The average molecular weight is 342 g/mol. The summed E-state index contributed by atoms with van der Waals surface area (Å²) >= 11 is 3.43. The molecule has 0 amide bonds. The highest BCUT2D eigenvalue weighted by atomic mass is 79.9. The van der Waals surface area contributed by atoms with Crippen molar-refractivity contribution in [3.8, 4) is 0 Å². The molecule has 0 radical (unpaired) electrons. The third-order valence-corrected chi connectivity index (χ3v) is 4.74. The van der Waals surface area contributed by atoms with Crippen molar-refractivity contribution >= 4 is 21.6 Å². The first kappa shape index (κ1) is 15.5. The van der Waals surface area contributed by atoms with E-state index in [1.54, 1.807) is 6.20 Å². The predicted molar refractivity (Wildman–Crippen MR) is 86.1 cm³/mol. The molecule has 1 heterocycles. The lowest BCUT2D eigenvalue weighted by atomic mass is 9.86. The fourth-order valence-electron chi connectivity index (χ4n) is 2.77. The Kier molecular flexibility index (Phi) is 5.24. The summed E-state index contributed by atoms with van der Waals surface area (Å²) in [4.78, 5) is 12.3. The Morgan fingerprint density at radius 1 is 1.45 bits per heavy atom. The van der Waals surface area contributed by atoms with Crippen LogP contribution < -0.4 is 10.9 Å². The molecule has 1 N–H and O–H groups in total. The first-order valence-corrected chi connectivity index (χ1v) is 8.30. The molecule has 1 saturated carbocycles. The van der Waals surface area contributed by atoms with E-state index >= 15 is 0 Å². The van der Waals surface area contributed by atoms with Crippen LogP contribution in [-0.4, -0.2) is 15.8 Å². The second-order valence-electron chi connectivity index (χ2n) is 6.27. The smallest absolute Gasteiger partial charge is 0.283 e. The van der Waals surface area contributed by atoms with Gasteiger partial charge in [0.15, 0.2) is 0 Å². The van der Waals surface area contributed by atoms with Gasteiger partial charge in [0, 0.05) is 12.6 Å². The van der Waals surface area contributed by atoms with Gasteiger partial charge in [0.1, 0.15) is 4.47 Å². The Bertz CT molecular complexity index is 512. The number of nitrogens with zero attached hydrogens (tertiary/aromatic N) is 2. The molecule has 112 valence electrons. The quantitative estimate of drug-likeness (QED) is 0.909. The molecule has 1 aliphatic carbocycles. The van der Waals surface area contributed by atoms with Crippen molar-refractivity contribution in [2.75, 3.05) is 5.32 Å². The van der Waals surface area contributed by atoms with Crippen molar-refractivity contribution in [1.82, 2.24) is 9.78 Å². The first-order valence-electron chi connectivity index (χ1n) is 7.51. The molecule has 1 aromatic rings. The summed E-state index contributed by atoms with van der Waals surface area (Å²) in [5.41, 5.74) is 0.779. The molecule has 1 aliphatic rings. The lowest BCUT2D eigenvalue weighted by Crippen LogP contribution is -2.32. The van der Waals surface area contributed by atoms with Crippen LogP contribution >= 0.6 is 15.9 Å². The number of anilines is 1. The molecule has 4 nitrogen and oxygen atoms in total. The normalized spacial score (nSPS) is 23.1. The molecular weight excluding hydrogens is 318 g/mol. The Morgan fingerprint density at radius 3 is 2.80 bits per heavy atom. The lowest BCUT2D eigenvalue weighted by molar-refractivity contribution is 0.349. The minimum Gasteiger partial charge on any atom is -0.380 e. The summed E-state index contributed by atoms with van der Waals surface area (Å²) in [6.45, 7) is 7.09. The van der Waals surface area contributed by atoms with Crippen molar-refractivity contribution in [2.45, 2.75) is 59.0 Å². The van der Waals surface area contributed by atoms with E-state index < -0.39 is 0 Å². The van der Waals surface area contributed by atoms with Crippen molar-refractivity contribution in [2.24, 2.45) is 11.8 Å². The van der Waals surface area contributed by atoms with E-state index in [-0.39, 0.29) is 5.56 Å². The van der Waals surface area contributed by atoms with Crippen LogP contribution in [0.5, 0.6) is 0 Å². The maximum Gasteiger partial charge on any atom is 0.283 e. The summed E-state index contributed by atoms with van der Waals surface area (Å²) in [6, 6.07) is 0.446. The van der Waals surface area contributed by atoms with Crippen molar-refractivity contribution < 1.29 is 0 Å². The Balaban J connectivity index is 2.16. The molecular formula is C15H24BrN3O. The maximum absolute atomic E-state index is 12.3. The number of rotatable bonds is 4. The predicted octanol–water partition coefficient (Wildman–Crippen LogP) is 3.65. The molecule has 0 spiro atoms. The zero-order valence-electron chi connectivity index (χ0n) is 12.5. The summed E-state index contributed by atoms with van der Waals surface area (Å²) in [5.74, 6) is 1.05. The number of halogens is 1. The molecule has 20 heavy (non-hydrogen) atoms. The van der Waals surface area contributed by atoms with Gasteiger partial charge in [-0.2, -0.15) is 5.10 Å². The topological polar surface area (TPSA) is 46.9 Å². The monoisotopic (exact) mass is 341 g/mol. The van der Waals surface area contributed by atoms with Crippen LogP contribution in [0.3, 0.4) is 0 Å². The Hall–Kier alpha value is -0.840. The first-order chi connectivity index (χ1) is 9.49. The van der Waals surface area contributed by atoms with Crippen LogP contribution in [0.4, 0.5) is 5.69 Å². The molecule has 0 saturated heterocycles. The number of hydrogen-bond donors (Lipinski definition) is 1. The van der Waals surface area contributed by atoms with Crippen LogP contribution in [0.25, 0.3) is 0 Å². The van der Waals surface area contributed by atoms with Gasteiger partial charge in [-0.1, -0.05) is 33.6 Å². The van der Waals surface area contributed by atoms with E-state index in [4.69, 9.17) is 0 Å². The zero-order chi connectivity index (χ0) is 14.7. The maximum atomic E-state index is 12.3. The molecule has 0 aromatic carbocycles. The van der Waals surface area contributed by atoms with E-state index in [2.05, 4.69) is 47.1 Å². The Morgan fingerprint density at radius 2 is 2.15 bits per heavy atom. The lowest BCUT2D eigenvalue weighted by Gasteiger charge is -2.30. The van der Waals surface area contributed by atoms with Gasteiger partial charge in [-0.3, -0.25) is 4.79 Å². The zero-order valence-corrected chi connectivity index (χ0v) is 14.1. The number of aromatic nitrogens is 2. The molecule has 5 heteroatoms. The minimum absolute atomic E-state index is 0.0489. The largest absolute Gasteiger partial charge is 0.380 e. The summed E-state index contributed by atoms with van der Waals surface area (Å²) in [5, 5.41) is 7.78. The highest BCUT2D eigenvalue weighted by Gasteiger charge is 2.22. The van der Waals surface area contributed by atoms with E-state index in [0.29, 0.717) is 28.9 Å². The van der Waals surface area contributed by atoms with Gasteiger partial charge in [-0.05, 0) is 40.6 Å². The van der Waals surface area contributed by atoms with Crippen molar-refractivity contribution in [1.29, 1.82) is 0 Å². The minimum atomic E-state index is -0.0489. The molecule has 2 rings (SSSR count). The summed E-state index contributed by atoms with van der Waals surface area (Å²) in [7, 11) is 0. The van der Waals surface area contributed by atoms with E-state index in [0.717, 1.165) is 5.69 Å². The van der Waals surface area contributed by atoms with Crippen LogP contribution in [0.2, 0.25) is 0 Å². The highest BCUT2D eigenvalue weighted by molar-refractivity contribution is 9.10. The average Bonchev–Trinajstić information content (AvgIpc) is 2.40. The molecule has 1 aromatic heterocycles. The molecule has 2 atom stereocenters. The second-order valence-corrected chi connectivity index (χ2v) is 7.06. The van der Waals surface area contributed by atoms with Crippen LogP contribution in [0.1, 0.15) is 46.5 Å². The highest BCUT2D eigenvalue weighted by Crippen LogP contribution is 2.28. The SMILES string of the molecule is CC(C)Cn1ncc(NC2CCCCC2C)c(Br)c1=O. The molecule has 0 aliphatic heterocycles. The molecule has 2 unspecified atom stereocenters. The van der Waals surface area contributed by atoms with Crippen LogP contribution in [-0.2, 0) is 6.54 Å². The van der Waals surface area contributed by atoms with E-state index in [1.165, 1.54) is 30.4 Å². The van der Waals surface area contributed by atoms with Gasteiger partial charge in [0.2, 0.25) is 0 Å². The third kappa shape index (κ3) is 3.62. The third-order valence-electron chi connectivity index (χ3n) is 3.98. The summed E-state index contributed by atoms with van der Waals surface area (Å²) in [6.07, 6.45) is 6.78. The van der Waals surface area contributed by atoms with E-state index in [1.807, 2.05) is 0 Å². The van der Waals surface area contributed by atoms with Gasteiger partial charge in [0.25, 0.3) is 5.56 Å². The fraction of sp³-hybridized carbons (Fsp3) is 0.733. The standard InChI is InChI=1S/C15H24BrN3O/c1-10(2)9-19-15(20)14(16)13(8-17-19)18-12-7-5-4-6-11(12)3/h8,10-12,18H,4-7,9H2,1-3H3.